The number of fused-ring (bicyclic) bond motifs is 1. The highest BCUT2D eigenvalue weighted by Crippen LogP contribution is 2.22. The number of hydrogen-bond acceptors (Lipinski definition) is 2. The number of halogens is 1. The van der Waals surface area contributed by atoms with Crippen LogP contribution in [-0.2, 0) is 11.3 Å². The first kappa shape index (κ1) is 13.1. The third-order valence-electron chi connectivity index (χ3n) is 2.63. The third-order valence-corrected chi connectivity index (χ3v) is 3.27. The maximum absolute atomic E-state index is 11.7. The van der Waals surface area contributed by atoms with Crippen LogP contribution < -0.4 is 5.32 Å². The molecule has 1 aromatic carbocycles. The van der Waals surface area contributed by atoms with Crippen LogP contribution in [0.25, 0.3) is 11.0 Å². The fraction of sp³-hybridized carbons (Fsp3) is 0.333. The van der Waals surface area contributed by atoms with Gasteiger partial charge in [0.15, 0.2) is 4.77 Å². The molecular formula is C12H14ClN3OS. The van der Waals surface area contributed by atoms with E-state index in [-0.39, 0.29) is 12.5 Å². The minimum Gasteiger partial charge on any atom is -0.355 e. The molecule has 0 aliphatic rings. The van der Waals surface area contributed by atoms with Crippen molar-refractivity contribution in [2.75, 3.05) is 6.54 Å². The standard InChI is InChI=1S/C12H14ClN3OS/c1-2-6-14-10(17)7-16-9-5-3-4-8(13)11(9)15-12(16)18/h3-5H,2,6-7H2,1H3,(H,14,17)(H,15,18). The van der Waals surface area contributed by atoms with Gasteiger partial charge in [0.2, 0.25) is 5.91 Å². The Morgan fingerprint density at radius 2 is 2.33 bits per heavy atom. The van der Waals surface area contributed by atoms with Gasteiger partial charge in [0.25, 0.3) is 0 Å². The smallest absolute Gasteiger partial charge is 0.240 e. The molecule has 0 radical (unpaired) electrons. The van der Waals surface area contributed by atoms with Crippen molar-refractivity contribution in [3.05, 3.63) is 28.0 Å². The molecule has 2 aromatic rings. The monoisotopic (exact) mass is 283 g/mol. The van der Waals surface area contributed by atoms with Gasteiger partial charge in [-0.15, -0.1) is 0 Å². The first-order valence-corrected chi connectivity index (χ1v) is 6.56. The molecule has 1 amide bonds. The zero-order valence-electron chi connectivity index (χ0n) is 10.00. The average Bonchev–Trinajstić information content (AvgIpc) is 2.66. The van der Waals surface area contributed by atoms with Gasteiger partial charge in [0, 0.05) is 6.54 Å². The van der Waals surface area contributed by atoms with E-state index in [9.17, 15) is 4.79 Å². The summed E-state index contributed by atoms with van der Waals surface area (Å²) in [5.74, 6) is -0.0474. The normalized spacial score (nSPS) is 10.8. The summed E-state index contributed by atoms with van der Waals surface area (Å²) >= 11 is 11.3. The second kappa shape index (κ2) is 5.54. The molecule has 0 aliphatic carbocycles. The molecule has 2 N–H and O–H groups in total. The van der Waals surface area contributed by atoms with Gasteiger partial charge in [0.05, 0.1) is 16.1 Å². The zero-order chi connectivity index (χ0) is 13.1. The van der Waals surface area contributed by atoms with Gasteiger partial charge >= 0.3 is 0 Å². The lowest BCUT2D eigenvalue weighted by Gasteiger charge is -2.05. The summed E-state index contributed by atoms with van der Waals surface area (Å²) in [6, 6.07) is 5.52. The van der Waals surface area contributed by atoms with Crippen molar-refractivity contribution in [2.45, 2.75) is 19.9 Å². The van der Waals surface area contributed by atoms with E-state index in [1.807, 2.05) is 19.1 Å². The van der Waals surface area contributed by atoms with Crippen LogP contribution in [0, 0.1) is 4.77 Å². The number of nitrogens with zero attached hydrogens (tertiary/aromatic N) is 1. The van der Waals surface area contributed by atoms with Crippen LogP contribution in [0.4, 0.5) is 0 Å². The average molecular weight is 284 g/mol. The van der Waals surface area contributed by atoms with Crippen LogP contribution >= 0.6 is 23.8 Å². The first-order valence-electron chi connectivity index (χ1n) is 5.77. The Bertz CT molecular complexity index is 632. The van der Waals surface area contributed by atoms with Crippen LogP contribution in [0.2, 0.25) is 5.02 Å². The molecule has 0 atom stereocenters. The molecule has 0 saturated carbocycles. The molecule has 96 valence electrons. The van der Waals surface area contributed by atoms with E-state index in [0.29, 0.717) is 16.3 Å². The lowest BCUT2D eigenvalue weighted by atomic mass is 10.3. The number of aromatic nitrogens is 2. The van der Waals surface area contributed by atoms with Crippen molar-refractivity contribution >= 4 is 40.8 Å². The number of hydrogen-bond donors (Lipinski definition) is 2. The number of benzene rings is 1. The van der Waals surface area contributed by atoms with Crippen LogP contribution in [-0.4, -0.2) is 22.0 Å². The zero-order valence-corrected chi connectivity index (χ0v) is 11.6. The summed E-state index contributed by atoms with van der Waals surface area (Å²) in [5, 5.41) is 3.43. The molecule has 0 unspecified atom stereocenters. The minimum absolute atomic E-state index is 0.0474. The number of carbonyl (C=O) groups is 1. The summed E-state index contributed by atoms with van der Waals surface area (Å²) in [6.07, 6.45) is 0.914. The highest BCUT2D eigenvalue weighted by Gasteiger charge is 2.09. The Morgan fingerprint density at radius 3 is 3.06 bits per heavy atom. The number of rotatable bonds is 4. The molecule has 4 nitrogen and oxygen atoms in total. The summed E-state index contributed by atoms with van der Waals surface area (Å²) in [4.78, 5) is 14.7. The molecule has 2 rings (SSSR count). The molecule has 0 saturated heterocycles. The second-order valence-corrected chi connectivity index (χ2v) is 4.79. The number of imidazole rings is 1. The lowest BCUT2D eigenvalue weighted by Crippen LogP contribution is -2.28. The van der Waals surface area contributed by atoms with Crippen LogP contribution in [0.3, 0.4) is 0 Å². The van der Waals surface area contributed by atoms with Gasteiger partial charge in [-0.25, -0.2) is 0 Å². The van der Waals surface area contributed by atoms with E-state index in [4.69, 9.17) is 23.8 Å². The highest BCUT2D eigenvalue weighted by molar-refractivity contribution is 7.71. The van der Waals surface area contributed by atoms with E-state index in [0.717, 1.165) is 17.5 Å². The van der Waals surface area contributed by atoms with Gasteiger partial charge < -0.3 is 14.9 Å². The fourth-order valence-electron chi connectivity index (χ4n) is 1.77. The number of para-hydroxylation sites is 1. The molecule has 0 spiro atoms. The van der Waals surface area contributed by atoms with Gasteiger partial charge in [-0.1, -0.05) is 24.6 Å². The lowest BCUT2D eigenvalue weighted by molar-refractivity contribution is -0.121. The molecule has 0 bridgehead atoms. The van der Waals surface area contributed by atoms with Crippen molar-refractivity contribution in [1.29, 1.82) is 0 Å². The number of aromatic amines is 1. The molecule has 0 fully saturated rings. The number of nitrogens with one attached hydrogen (secondary N) is 2. The summed E-state index contributed by atoms with van der Waals surface area (Å²) in [6.45, 7) is 2.89. The van der Waals surface area contributed by atoms with E-state index in [1.165, 1.54) is 0 Å². The summed E-state index contributed by atoms with van der Waals surface area (Å²) in [5.41, 5.74) is 1.62. The Morgan fingerprint density at radius 1 is 1.56 bits per heavy atom. The van der Waals surface area contributed by atoms with E-state index < -0.39 is 0 Å². The molecule has 1 heterocycles. The van der Waals surface area contributed by atoms with Gasteiger partial charge in [-0.3, -0.25) is 4.79 Å². The Kier molecular flexibility index (Phi) is 4.04. The summed E-state index contributed by atoms with van der Waals surface area (Å²) < 4.78 is 2.26. The second-order valence-electron chi connectivity index (χ2n) is 4.00. The van der Waals surface area contributed by atoms with Crippen LogP contribution in [0.15, 0.2) is 18.2 Å². The molecule has 1 aromatic heterocycles. The molecule has 18 heavy (non-hydrogen) atoms. The largest absolute Gasteiger partial charge is 0.355 e. The fourth-order valence-corrected chi connectivity index (χ4v) is 2.25. The van der Waals surface area contributed by atoms with Crippen LogP contribution in [0.1, 0.15) is 13.3 Å². The molecule has 0 aliphatic heterocycles. The van der Waals surface area contributed by atoms with Gasteiger partial charge in [0.1, 0.15) is 6.54 Å². The minimum atomic E-state index is -0.0474. The highest BCUT2D eigenvalue weighted by atomic mass is 35.5. The third kappa shape index (κ3) is 2.57. The van der Waals surface area contributed by atoms with Crippen molar-refractivity contribution in [1.82, 2.24) is 14.9 Å². The SMILES string of the molecule is CCCNC(=O)Cn1c(=S)[nH]c2c(Cl)cccc21. The van der Waals surface area contributed by atoms with Crippen molar-refractivity contribution in [3.63, 3.8) is 0 Å². The van der Waals surface area contributed by atoms with E-state index >= 15 is 0 Å². The van der Waals surface area contributed by atoms with Gasteiger partial charge in [-0.2, -0.15) is 0 Å². The Labute approximate surface area is 115 Å². The predicted molar refractivity (Wildman–Crippen MR) is 75.4 cm³/mol. The molecule has 6 heteroatoms. The van der Waals surface area contributed by atoms with Crippen molar-refractivity contribution in [3.8, 4) is 0 Å². The summed E-state index contributed by atoms with van der Waals surface area (Å²) in [7, 11) is 0. The maximum atomic E-state index is 11.7. The molecular weight excluding hydrogens is 270 g/mol. The topological polar surface area (TPSA) is 49.8 Å². The van der Waals surface area contributed by atoms with Gasteiger partial charge in [-0.05, 0) is 30.8 Å². The van der Waals surface area contributed by atoms with Crippen molar-refractivity contribution in [2.24, 2.45) is 0 Å². The predicted octanol–water partition coefficient (Wildman–Crippen LogP) is 2.88. The van der Waals surface area contributed by atoms with E-state index in [1.54, 1.807) is 10.6 Å². The maximum Gasteiger partial charge on any atom is 0.240 e. The number of carbonyl (C=O) groups excluding carboxylic acids is 1. The van der Waals surface area contributed by atoms with Crippen LogP contribution in [0.5, 0.6) is 0 Å². The first-order chi connectivity index (χ1) is 8.63. The Balaban J connectivity index is 2.34. The van der Waals surface area contributed by atoms with E-state index in [2.05, 4.69) is 10.3 Å². The van der Waals surface area contributed by atoms with Crippen molar-refractivity contribution < 1.29 is 4.79 Å². The quantitative estimate of drug-likeness (QED) is 0.848. The number of amides is 1. The number of H-pyrrole nitrogens is 1. The Hall–Kier alpha value is -1.33.